The smallest absolute Gasteiger partial charge is 0.324 e. The summed E-state index contributed by atoms with van der Waals surface area (Å²) in [7, 11) is 1.51. The van der Waals surface area contributed by atoms with Crippen LogP contribution in [0, 0.1) is 5.82 Å². The average Bonchev–Trinajstić information content (AvgIpc) is 2.69. The fourth-order valence-corrected chi connectivity index (χ4v) is 1.65. The first-order valence-electron chi connectivity index (χ1n) is 5.30. The number of rotatable bonds is 2. The summed E-state index contributed by atoms with van der Waals surface area (Å²) >= 11 is 0. The molecule has 8 heteroatoms. The van der Waals surface area contributed by atoms with E-state index in [2.05, 4.69) is 10.2 Å². The number of alkyl halides is 3. The SMILES string of the molecule is Cn1c(CN)nnc1-c1cc(C(F)(F)F)ccc1F. The van der Waals surface area contributed by atoms with Crippen molar-refractivity contribution in [2.24, 2.45) is 12.8 Å². The molecule has 0 aliphatic rings. The van der Waals surface area contributed by atoms with Crippen molar-refractivity contribution in [3.63, 3.8) is 0 Å². The van der Waals surface area contributed by atoms with E-state index in [0.29, 0.717) is 18.0 Å². The van der Waals surface area contributed by atoms with Crippen molar-refractivity contribution in [2.75, 3.05) is 0 Å². The largest absolute Gasteiger partial charge is 0.416 e. The molecule has 0 fully saturated rings. The summed E-state index contributed by atoms with van der Waals surface area (Å²) in [4.78, 5) is 0. The highest BCUT2D eigenvalue weighted by Gasteiger charge is 2.31. The summed E-state index contributed by atoms with van der Waals surface area (Å²) in [6, 6.07) is 2.15. The van der Waals surface area contributed by atoms with Crippen molar-refractivity contribution < 1.29 is 17.6 Å². The van der Waals surface area contributed by atoms with Crippen LogP contribution in [0.25, 0.3) is 11.4 Å². The molecular formula is C11H10F4N4. The molecule has 2 N–H and O–H groups in total. The van der Waals surface area contributed by atoms with Gasteiger partial charge >= 0.3 is 6.18 Å². The first-order chi connectivity index (χ1) is 8.84. The monoisotopic (exact) mass is 274 g/mol. The van der Waals surface area contributed by atoms with Gasteiger partial charge in [0.15, 0.2) is 5.82 Å². The molecule has 0 bridgehead atoms. The molecular weight excluding hydrogens is 264 g/mol. The lowest BCUT2D eigenvalue weighted by Gasteiger charge is -2.09. The molecule has 0 radical (unpaired) electrons. The van der Waals surface area contributed by atoms with E-state index in [-0.39, 0.29) is 17.9 Å². The minimum Gasteiger partial charge on any atom is -0.324 e. The van der Waals surface area contributed by atoms with E-state index in [4.69, 9.17) is 5.73 Å². The second kappa shape index (κ2) is 4.61. The van der Waals surface area contributed by atoms with Gasteiger partial charge in [0, 0.05) is 7.05 Å². The molecule has 102 valence electrons. The fourth-order valence-electron chi connectivity index (χ4n) is 1.65. The first kappa shape index (κ1) is 13.5. The Labute approximate surface area is 105 Å². The summed E-state index contributed by atoms with van der Waals surface area (Å²) in [5.41, 5.74) is 4.18. The second-order valence-electron chi connectivity index (χ2n) is 3.90. The van der Waals surface area contributed by atoms with Gasteiger partial charge in [-0.05, 0) is 18.2 Å². The van der Waals surface area contributed by atoms with E-state index in [1.54, 1.807) is 0 Å². The quantitative estimate of drug-likeness (QED) is 0.853. The number of benzene rings is 1. The molecule has 0 aliphatic carbocycles. The van der Waals surface area contributed by atoms with Gasteiger partial charge in [-0.2, -0.15) is 13.2 Å². The number of hydrogen-bond acceptors (Lipinski definition) is 3. The third-order valence-corrected chi connectivity index (χ3v) is 2.68. The Morgan fingerprint density at radius 1 is 1.26 bits per heavy atom. The maximum Gasteiger partial charge on any atom is 0.416 e. The van der Waals surface area contributed by atoms with Crippen molar-refractivity contribution >= 4 is 0 Å². The molecule has 2 aromatic rings. The summed E-state index contributed by atoms with van der Waals surface area (Å²) in [6.45, 7) is 0.0596. The summed E-state index contributed by atoms with van der Waals surface area (Å²) in [5, 5.41) is 7.35. The van der Waals surface area contributed by atoms with Crippen molar-refractivity contribution in [1.29, 1.82) is 0 Å². The minimum absolute atomic E-state index is 0.00375. The zero-order valence-corrected chi connectivity index (χ0v) is 9.87. The van der Waals surface area contributed by atoms with Gasteiger partial charge in [0.2, 0.25) is 0 Å². The number of hydrogen-bond donors (Lipinski definition) is 1. The number of aromatic nitrogens is 3. The maximum atomic E-state index is 13.7. The molecule has 1 aromatic heterocycles. The van der Waals surface area contributed by atoms with Crippen LogP contribution in [0.15, 0.2) is 18.2 Å². The number of nitrogens with zero attached hydrogens (tertiary/aromatic N) is 3. The van der Waals surface area contributed by atoms with Gasteiger partial charge in [0.1, 0.15) is 11.6 Å². The van der Waals surface area contributed by atoms with Crippen LogP contribution in [0.3, 0.4) is 0 Å². The third-order valence-electron chi connectivity index (χ3n) is 2.68. The fraction of sp³-hybridized carbons (Fsp3) is 0.273. The summed E-state index contributed by atoms with van der Waals surface area (Å²) < 4.78 is 52.8. The van der Waals surface area contributed by atoms with Gasteiger partial charge < -0.3 is 10.3 Å². The highest BCUT2D eigenvalue weighted by atomic mass is 19.4. The minimum atomic E-state index is -4.54. The van der Waals surface area contributed by atoms with Crippen LogP contribution in [0.4, 0.5) is 17.6 Å². The Morgan fingerprint density at radius 2 is 1.95 bits per heavy atom. The van der Waals surface area contributed by atoms with Gasteiger partial charge in [0.25, 0.3) is 0 Å². The zero-order valence-electron chi connectivity index (χ0n) is 9.87. The number of nitrogens with two attached hydrogens (primary N) is 1. The Balaban J connectivity index is 2.58. The molecule has 0 amide bonds. The van der Waals surface area contributed by atoms with Crippen LogP contribution < -0.4 is 5.73 Å². The summed E-state index contributed by atoms with van der Waals surface area (Å²) in [5.74, 6) is -0.442. The lowest BCUT2D eigenvalue weighted by Crippen LogP contribution is -2.08. The van der Waals surface area contributed by atoms with Crippen LogP contribution in [0.5, 0.6) is 0 Å². The summed E-state index contributed by atoms with van der Waals surface area (Å²) in [6.07, 6.45) is -4.54. The van der Waals surface area contributed by atoms with E-state index in [1.165, 1.54) is 11.6 Å². The van der Waals surface area contributed by atoms with E-state index < -0.39 is 17.6 Å². The highest BCUT2D eigenvalue weighted by Crippen LogP contribution is 2.33. The van der Waals surface area contributed by atoms with Crippen molar-refractivity contribution in [3.05, 3.63) is 35.4 Å². The van der Waals surface area contributed by atoms with E-state index >= 15 is 0 Å². The Hall–Kier alpha value is -1.96. The van der Waals surface area contributed by atoms with Gasteiger partial charge in [-0.15, -0.1) is 10.2 Å². The molecule has 0 aliphatic heterocycles. The predicted octanol–water partition coefficient (Wildman–Crippen LogP) is 2.10. The molecule has 0 saturated carbocycles. The van der Waals surface area contributed by atoms with Crippen LogP contribution in [-0.4, -0.2) is 14.8 Å². The number of halogens is 4. The Morgan fingerprint density at radius 3 is 2.47 bits per heavy atom. The van der Waals surface area contributed by atoms with Gasteiger partial charge in [-0.3, -0.25) is 0 Å². The molecule has 1 aromatic carbocycles. The third kappa shape index (κ3) is 2.43. The molecule has 0 unspecified atom stereocenters. The molecule has 0 spiro atoms. The molecule has 19 heavy (non-hydrogen) atoms. The Bertz CT molecular complexity index is 603. The molecule has 1 heterocycles. The van der Waals surface area contributed by atoms with Crippen molar-refractivity contribution in [3.8, 4) is 11.4 Å². The average molecular weight is 274 g/mol. The Kier molecular flexibility index (Phi) is 3.27. The van der Waals surface area contributed by atoms with Crippen LogP contribution in [0.1, 0.15) is 11.4 Å². The topological polar surface area (TPSA) is 56.7 Å². The standard InChI is InChI=1S/C11H10F4N4/c1-19-9(5-16)17-18-10(19)7-4-6(11(13,14)15)2-3-8(7)12/h2-4H,5,16H2,1H3. The molecule has 0 saturated heterocycles. The van der Waals surface area contributed by atoms with Gasteiger partial charge in [-0.25, -0.2) is 4.39 Å². The lowest BCUT2D eigenvalue weighted by molar-refractivity contribution is -0.137. The second-order valence-corrected chi connectivity index (χ2v) is 3.90. The van der Waals surface area contributed by atoms with Crippen LogP contribution in [0.2, 0.25) is 0 Å². The van der Waals surface area contributed by atoms with Crippen LogP contribution >= 0.6 is 0 Å². The van der Waals surface area contributed by atoms with Crippen molar-refractivity contribution in [2.45, 2.75) is 12.7 Å². The van der Waals surface area contributed by atoms with E-state index in [1.807, 2.05) is 0 Å². The van der Waals surface area contributed by atoms with Gasteiger partial charge in [0.05, 0.1) is 17.7 Å². The first-order valence-corrected chi connectivity index (χ1v) is 5.30. The van der Waals surface area contributed by atoms with Crippen LogP contribution in [-0.2, 0) is 19.8 Å². The van der Waals surface area contributed by atoms with Gasteiger partial charge in [-0.1, -0.05) is 0 Å². The highest BCUT2D eigenvalue weighted by molar-refractivity contribution is 5.58. The zero-order chi connectivity index (χ0) is 14.2. The molecule has 2 rings (SSSR count). The van der Waals surface area contributed by atoms with E-state index in [0.717, 1.165) is 6.07 Å². The normalized spacial score (nSPS) is 11.9. The van der Waals surface area contributed by atoms with Crippen molar-refractivity contribution in [1.82, 2.24) is 14.8 Å². The molecule has 0 atom stereocenters. The predicted molar refractivity (Wildman–Crippen MR) is 59.3 cm³/mol. The molecule has 4 nitrogen and oxygen atoms in total. The lowest BCUT2D eigenvalue weighted by atomic mass is 10.1. The van der Waals surface area contributed by atoms with E-state index in [9.17, 15) is 17.6 Å². The maximum absolute atomic E-state index is 13.7.